The van der Waals surface area contributed by atoms with Crippen LogP contribution in [0, 0.1) is 34.5 Å². The van der Waals surface area contributed by atoms with Gasteiger partial charge in [0.05, 0.1) is 134 Å². The molecular formula is C96H131N13O18. The quantitative estimate of drug-likeness (QED) is 0.0127. The van der Waals surface area contributed by atoms with Crippen LogP contribution in [0.3, 0.4) is 0 Å². The second-order valence-electron chi connectivity index (χ2n) is 35.2. The molecule has 10 amide bonds. The Balaban J connectivity index is 0.548. The predicted molar refractivity (Wildman–Crippen MR) is 481 cm³/mol. The summed E-state index contributed by atoms with van der Waals surface area (Å²) in [4.78, 5) is 137. The molecule has 8 atom stereocenters. The SMILES string of the molecule is CCCCOCCOCCOCCn1nnc2c1-c1ccccc1CN(C(=O)CCC(=O)NCCOCCOCCOCCOCCC(=O)N[C@H](C(=O)C[C@@H](CCCNC(N)=O)C(=O)Nc1ccc(COC(=O)Nc3ccc4c(c3)[C@@]3(C)CCC[C@](C)(C(=O)NC(=O)[C@@]5(C)CCC[C@]6(C)c7cc(NC(=O)CN)ccc7CC[C@@H]56)[C@@H]3CC4)cc1)C(C)C)c1ccccc1-2. The molecule has 127 heavy (non-hydrogen) atoms. The van der Waals surface area contributed by atoms with Crippen LogP contribution in [0.15, 0.2) is 109 Å². The molecule has 0 bridgehead atoms. The molecule has 1 aliphatic heterocycles. The van der Waals surface area contributed by atoms with Crippen LogP contribution in [0.5, 0.6) is 0 Å². The molecule has 5 aromatic carbocycles. The fourth-order valence-corrected chi connectivity index (χ4v) is 19.3. The summed E-state index contributed by atoms with van der Waals surface area (Å²) in [6.45, 7) is 20.2. The largest absolute Gasteiger partial charge is 0.444 e. The van der Waals surface area contributed by atoms with Crippen LogP contribution >= 0.6 is 0 Å². The van der Waals surface area contributed by atoms with Crippen molar-refractivity contribution >= 4 is 82.0 Å². The maximum Gasteiger partial charge on any atom is 0.411 e. The van der Waals surface area contributed by atoms with E-state index < -0.39 is 52.1 Å². The Morgan fingerprint density at radius 1 is 0.551 bits per heavy atom. The number of carbonyl (C=O) groups is 10. The average molecular weight is 1760 g/mol. The maximum absolute atomic E-state index is 14.9. The number of carbonyl (C=O) groups excluding carboxylic acids is 10. The van der Waals surface area contributed by atoms with Gasteiger partial charge in [0.2, 0.25) is 41.4 Å². The number of ketones is 1. The molecule has 11 rings (SSSR count). The highest BCUT2D eigenvalue weighted by Gasteiger charge is 2.59. The summed E-state index contributed by atoms with van der Waals surface area (Å²) in [6.07, 6.45) is 9.39. The van der Waals surface area contributed by atoms with Gasteiger partial charge in [-0.2, -0.15) is 0 Å². The number of para-hydroxylation sites is 1. The lowest BCUT2D eigenvalue weighted by Gasteiger charge is -2.56. The summed E-state index contributed by atoms with van der Waals surface area (Å²) in [6, 6.07) is 32.5. The Morgan fingerprint density at radius 3 is 1.71 bits per heavy atom. The van der Waals surface area contributed by atoms with E-state index in [1.54, 1.807) is 43.0 Å². The highest BCUT2D eigenvalue weighted by atomic mass is 16.6. The maximum atomic E-state index is 14.9. The molecule has 0 radical (unpaired) electrons. The molecule has 2 fully saturated rings. The summed E-state index contributed by atoms with van der Waals surface area (Å²) >= 11 is 0. The van der Waals surface area contributed by atoms with Crippen LogP contribution in [0.25, 0.3) is 22.5 Å². The lowest BCUT2D eigenvalue weighted by molar-refractivity contribution is -0.150. The van der Waals surface area contributed by atoms with Gasteiger partial charge < -0.3 is 80.8 Å². The lowest BCUT2D eigenvalue weighted by atomic mass is 9.49. The predicted octanol–water partition coefficient (Wildman–Crippen LogP) is 11.5. The van der Waals surface area contributed by atoms with Crippen molar-refractivity contribution in [2.45, 2.75) is 201 Å². The van der Waals surface area contributed by atoms with E-state index in [-0.39, 0.29) is 163 Å². The minimum Gasteiger partial charge on any atom is -0.444 e. The molecular weight excluding hydrogens is 1620 g/mol. The van der Waals surface area contributed by atoms with Gasteiger partial charge in [0.25, 0.3) is 0 Å². The van der Waals surface area contributed by atoms with Crippen LogP contribution in [0.4, 0.5) is 32.3 Å². The first-order chi connectivity index (χ1) is 61.3. The Hall–Kier alpha value is -10.4. The molecule has 2 saturated carbocycles. The molecule has 31 heteroatoms. The molecule has 11 N–H and O–H groups in total. The monoisotopic (exact) mass is 1750 g/mol. The van der Waals surface area contributed by atoms with E-state index in [9.17, 15) is 47.9 Å². The number of unbranched alkanes of at least 4 members (excludes halogenated alkanes) is 1. The number of benzene rings is 5. The van der Waals surface area contributed by atoms with Crippen molar-refractivity contribution in [2.75, 3.05) is 133 Å². The molecule has 6 aromatic rings. The van der Waals surface area contributed by atoms with Gasteiger partial charge in [0, 0.05) is 79.5 Å². The van der Waals surface area contributed by atoms with Crippen molar-refractivity contribution in [1.82, 2.24) is 36.3 Å². The van der Waals surface area contributed by atoms with Crippen LogP contribution in [0.2, 0.25) is 0 Å². The molecule has 0 unspecified atom stereocenters. The highest BCUT2D eigenvalue weighted by molar-refractivity contribution is 6.03. The Kier molecular flexibility index (Phi) is 36.0. The molecule has 2 heterocycles. The normalized spacial score (nSPS) is 20.1. The highest BCUT2D eigenvalue weighted by Crippen LogP contribution is 2.60. The fourth-order valence-electron chi connectivity index (χ4n) is 19.3. The number of hydrogen-bond acceptors (Lipinski definition) is 21. The van der Waals surface area contributed by atoms with Gasteiger partial charge in [-0.15, -0.1) is 5.10 Å². The van der Waals surface area contributed by atoms with Crippen molar-refractivity contribution in [3.05, 3.63) is 143 Å². The van der Waals surface area contributed by atoms with Crippen LogP contribution in [0.1, 0.15) is 185 Å². The summed E-state index contributed by atoms with van der Waals surface area (Å²) in [7, 11) is 0. The zero-order valence-corrected chi connectivity index (χ0v) is 74.9. The number of Topliss-reactive ketones (excluding diaryl/α,β-unsaturated/α-hetero) is 1. The number of fused-ring (bicyclic) bond motifs is 11. The zero-order chi connectivity index (χ0) is 90.5. The van der Waals surface area contributed by atoms with E-state index in [0.717, 1.165) is 110 Å². The van der Waals surface area contributed by atoms with Crippen molar-refractivity contribution in [3.63, 3.8) is 0 Å². The third-order valence-corrected chi connectivity index (χ3v) is 26.1. The van der Waals surface area contributed by atoms with E-state index in [0.29, 0.717) is 106 Å². The van der Waals surface area contributed by atoms with E-state index >= 15 is 0 Å². The third-order valence-electron chi connectivity index (χ3n) is 26.1. The van der Waals surface area contributed by atoms with Gasteiger partial charge in [0.15, 0.2) is 5.78 Å². The first-order valence-electron chi connectivity index (χ1n) is 45.3. The minimum absolute atomic E-state index is 0.0157. The van der Waals surface area contributed by atoms with E-state index in [4.69, 9.17) is 49.4 Å². The fraction of sp³-hybridized carbons (Fsp3) is 0.562. The van der Waals surface area contributed by atoms with Crippen LogP contribution < -0.4 is 53.6 Å². The molecule has 5 aliphatic rings. The summed E-state index contributed by atoms with van der Waals surface area (Å²) in [5.41, 5.74) is 20.1. The summed E-state index contributed by atoms with van der Waals surface area (Å²) in [5.74, 6) is -3.71. The number of aromatic nitrogens is 3. The number of nitrogens with zero attached hydrogens (tertiary/aromatic N) is 4. The molecule has 31 nitrogen and oxygen atoms in total. The molecule has 688 valence electrons. The van der Waals surface area contributed by atoms with Gasteiger partial charge in [0.1, 0.15) is 12.3 Å². The van der Waals surface area contributed by atoms with Gasteiger partial charge in [-0.05, 0) is 175 Å². The summed E-state index contributed by atoms with van der Waals surface area (Å²) in [5, 5.41) is 29.2. The number of imide groups is 1. The number of nitrogens with one attached hydrogen (secondary N) is 7. The molecule has 0 saturated heterocycles. The standard InChI is InChI=1S/C96H131N13O18/c1-8-9-44-120-48-52-124-55-51-123-47-43-109-87-73-19-11-10-17-69(73)62-108(77-21-13-12-20-74(77)86(87)106-107-109)84(114)35-34-81(111)99-42-46-122-50-54-126-57-56-125-53-49-121-45-36-82(112)104-85(64(2)3)78(110)58-68(18-14-41-100-91(98)118)88(115)102-70-28-22-65(23-29-70)63-127-92(119)103-72-31-25-67-27-33-80-94(5,76(67)60-72)38-16-40-96(80,7)90(117)105-89(116)95(6)39-15-37-93(4)75-59-71(101-83(113)61-97)30-24-66(75)26-32-79(93)95/h10-13,17,19-25,28-31,59-60,64,68,79-80,85H,8-9,14-16,18,26-27,32-58,61-63,97H2,1-7H3,(H,99,111)(H,101,113)(H,102,115)(H,103,119)(H,104,112)(H3,98,100,118)(H,105,116,117)/t68-,79-,80-,85+,93-,94-,95+,96+/m1/s1. The summed E-state index contributed by atoms with van der Waals surface area (Å²) < 4.78 is 47.3. The first-order valence-corrected chi connectivity index (χ1v) is 45.3. The Labute approximate surface area is 745 Å². The van der Waals surface area contributed by atoms with E-state index in [1.165, 1.54) is 5.56 Å². The number of hydrogen-bond donors (Lipinski definition) is 9. The molecule has 4 aliphatic carbocycles. The van der Waals surface area contributed by atoms with Crippen molar-refractivity contribution < 1.29 is 85.8 Å². The second-order valence-corrected chi connectivity index (χ2v) is 35.2. The number of aryl methyl sites for hydroxylation is 2. The topological polar surface area (TPSA) is 415 Å². The zero-order valence-electron chi connectivity index (χ0n) is 74.9. The van der Waals surface area contributed by atoms with Crippen LogP contribution in [-0.2, 0) is 120 Å². The molecule has 0 spiro atoms. The van der Waals surface area contributed by atoms with Crippen molar-refractivity contribution in [1.29, 1.82) is 0 Å². The Bertz CT molecular complexity index is 4750. The van der Waals surface area contributed by atoms with Crippen molar-refractivity contribution in [2.24, 2.45) is 46.0 Å². The van der Waals surface area contributed by atoms with Gasteiger partial charge in [-0.25, -0.2) is 14.3 Å². The lowest BCUT2D eigenvalue weighted by Crippen LogP contribution is -2.60. The third kappa shape index (κ3) is 25.8. The number of ether oxygens (including phenoxy) is 8. The van der Waals surface area contributed by atoms with Gasteiger partial charge in [-0.3, -0.25) is 49.0 Å². The number of anilines is 4. The van der Waals surface area contributed by atoms with E-state index in [2.05, 4.69) is 74.4 Å². The number of nitrogens with two attached hydrogens (primary N) is 2. The second kappa shape index (κ2) is 47.1. The number of rotatable bonds is 48. The number of amides is 10. The number of urea groups is 1. The van der Waals surface area contributed by atoms with Crippen molar-refractivity contribution in [3.8, 4) is 22.5 Å². The van der Waals surface area contributed by atoms with Gasteiger partial charge >= 0.3 is 12.1 Å². The first kappa shape index (κ1) is 97.2. The average Bonchev–Trinajstić information content (AvgIpc) is 1.34. The Morgan fingerprint density at radius 2 is 1.11 bits per heavy atom. The minimum atomic E-state index is -0.908. The number of primary amides is 1. The smallest absolute Gasteiger partial charge is 0.411 e. The molecule has 1 aromatic heterocycles. The van der Waals surface area contributed by atoms with E-state index in [1.807, 2.05) is 97.4 Å². The van der Waals surface area contributed by atoms with Gasteiger partial charge in [-0.1, -0.05) is 140 Å². The van der Waals surface area contributed by atoms with Crippen LogP contribution in [-0.4, -0.2) is 192 Å².